The molecule has 1 heteroatoms. The van der Waals surface area contributed by atoms with Gasteiger partial charge in [-0.25, -0.2) is 0 Å². The number of rotatable bonds is 1. The second-order valence-electron chi connectivity index (χ2n) is 4.90. The molecule has 0 aromatic heterocycles. The van der Waals surface area contributed by atoms with Gasteiger partial charge in [-0.1, -0.05) is 13.3 Å². The first-order valence-corrected chi connectivity index (χ1v) is 5.47. The van der Waals surface area contributed by atoms with E-state index >= 15 is 0 Å². The zero-order valence-corrected chi connectivity index (χ0v) is 8.34. The molecule has 2 rings (SSSR count). The minimum Gasteiger partial charge on any atom is -0.317 e. The summed E-state index contributed by atoms with van der Waals surface area (Å²) < 4.78 is 0. The third-order valence-electron chi connectivity index (χ3n) is 3.98. The first-order valence-electron chi connectivity index (χ1n) is 5.47. The van der Waals surface area contributed by atoms with Crippen molar-refractivity contribution >= 4 is 0 Å². The molecule has 0 heterocycles. The smallest absolute Gasteiger partial charge is 0.00695 e. The maximum atomic E-state index is 3.44. The maximum absolute atomic E-state index is 3.44. The first kappa shape index (κ1) is 8.55. The lowest BCUT2D eigenvalue weighted by Gasteiger charge is -2.29. The minimum absolute atomic E-state index is 0.838. The van der Waals surface area contributed by atoms with Gasteiger partial charge in [-0.05, 0) is 50.5 Å². The Balaban J connectivity index is 1.93. The minimum atomic E-state index is 0.838. The van der Waals surface area contributed by atoms with Crippen molar-refractivity contribution < 1.29 is 0 Å². The second kappa shape index (κ2) is 3.37. The zero-order chi connectivity index (χ0) is 8.55. The van der Waals surface area contributed by atoms with E-state index in [1.54, 1.807) is 0 Å². The lowest BCUT2D eigenvalue weighted by atomic mass is 9.77. The van der Waals surface area contributed by atoms with Gasteiger partial charge >= 0.3 is 0 Å². The van der Waals surface area contributed by atoms with Crippen molar-refractivity contribution in [3.8, 4) is 0 Å². The summed E-state index contributed by atoms with van der Waals surface area (Å²) in [6.07, 6.45) is 7.39. The van der Waals surface area contributed by atoms with E-state index in [4.69, 9.17) is 0 Å². The van der Waals surface area contributed by atoms with Crippen LogP contribution in [0.3, 0.4) is 0 Å². The molecule has 2 aliphatic carbocycles. The van der Waals surface area contributed by atoms with Crippen molar-refractivity contribution in [2.24, 2.45) is 17.8 Å². The molecule has 0 spiro atoms. The Morgan fingerprint density at radius 1 is 1.00 bits per heavy atom. The highest BCUT2D eigenvalue weighted by atomic mass is 14.9. The number of hydrogen-bond acceptors (Lipinski definition) is 1. The summed E-state index contributed by atoms with van der Waals surface area (Å²) in [7, 11) is 2.12. The van der Waals surface area contributed by atoms with Gasteiger partial charge < -0.3 is 5.32 Å². The first-order chi connectivity index (χ1) is 5.79. The standard InChI is InChI=1S/C11H21N/c1-8-3-4-9-6-11(12-2)7-10(9)5-8/h8-12H,3-7H2,1-2H3/t8-,9?,10?,11?/m1/s1. The SMILES string of the molecule is CNC1CC2CC[C@@H](C)CC2C1. The largest absolute Gasteiger partial charge is 0.317 e. The van der Waals surface area contributed by atoms with E-state index in [1.807, 2.05) is 0 Å². The van der Waals surface area contributed by atoms with Crippen LogP contribution in [-0.4, -0.2) is 13.1 Å². The van der Waals surface area contributed by atoms with Crippen LogP contribution in [0.4, 0.5) is 0 Å². The molecule has 1 N–H and O–H groups in total. The molecule has 0 aromatic rings. The molecule has 2 fully saturated rings. The molecular formula is C11H21N. The normalized spacial score (nSPS) is 47.5. The van der Waals surface area contributed by atoms with Gasteiger partial charge in [0.05, 0.1) is 0 Å². The van der Waals surface area contributed by atoms with E-state index in [2.05, 4.69) is 19.3 Å². The van der Waals surface area contributed by atoms with Crippen LogP contribution in [0.15, 0.2) is 0 Å². The lowest BCUT2D eigenvalue weighted by molar-refractivity contribution is 0.220. The predicted molar refractivity (Wildman–Crippen MR) is 52.1 cm³/mol. The Morgan fingerprint density at radius 3 is 2.50 bits per heavy atom. The summed E-state index contributed by atoms with van der Waals surface area (Å²) in [6, 6.07) is 0.838. The van der Waals surface area contributed by atoms with Gasteiger partial charge in [0, 0.05) is 6.04 Å². The highest BCUT2D eigenvalue weighted by molar-refractivity contribution is 4.90. The van der Waals surface area contributed by atoms with Crippen molar-refractivity contribution in [3.05, 3.63) is 0 Å². The van der Waals surface area contributed by atoms with Gasteiger partial charge in [0.25, 0.3) is 0 Å². The fourth-order valence-corrected chi connectivity index (χ4v) is 3.22. The predicted octanol–water partition coefficient (Wildman–Crippen LogP) is 2.42. The number of hydrogen-bond donors (Lipinski definition) is 1. The van der Waals surface area contributed by atoms with Crippen LogP contribution in [0.1, 0.15) is 39.0 Å². The summed E-state index contributed by atoms with van der Waals surface area (Å²) in [6.45, 7) is 2.42. The molecule has 4 atom stereocenters. The van der Waals surface area contributed by atoms with Crippen LogP contribution >= 0.6 is 0 Å². The molecule has 3 unspecified atom stereocenters. The van der Waals surface area contributed by atoms with E-state index in [1.165, 1.54) is 32.1 Å². The van der Waals surface area contributed by atoms with Crippen LogP contribution in [0, 0.1) is 17.8 Å². The Morgan fingerprint density at radius 2 is 1.75 bits per heavy atom. The van der Waals surface area contributed by atoms with Crippen molar-refractivity contribution in [1.82, 2.24) is 5.32 Å². The molecule has 0 bridgehead atoms. The van der Waals surface area contributed by atoms with Gasteiger partial charge in [0.15, 0.2) is 0 Å². The molecule has 12 heavy (non-hydrogen) atoms. The Kier molecular flexibility index (Phi) is 2.40. The fraction of sp³-hybridized carbons (Fsp3) is 1.00. The van der Waals surface area contributed by atoms with E-state index in [0.717, 1.165) is 23.8 Å². The highest BCUT2D eigenvalue weighted by Gasteiger charge is 2.36. The highest BCUT2D eigenvalue weighted by Crippen LogP contribution is 2.43. The van der Waals surface area contributed by atoms with E-state index in [0.29, 0.717) is 0 Å². The average molecular weight is 167 g/mol. The molecule has 1 nitrogen and oxygen atoms in total. The summed E-state index contributed by atoms with van der Waals surface area (Å²) in [5, 5.41) is 3.44. The Labute approximate surface area is 75.9 Å². The Hall–Kier alpha value is -0.0400. The van der Waals surface area contributed by atoms with Crippen LogP contribution in [0.25, 0.3) is 0 Å². The lowest BCUT2D eigenvalue weighted by Crippen LogP contribution is -2.21. The Bertz CT molecular complexity index is 155. The zero-order valence-electron chi connectivity index (χ0n) is 8.34. The average Bonchev–Trinajstić information content (AvgIpc) is 2.46. The molecule has 0 radical (unpaired) electrons. The van der Waals surface area contributed by atoms with Crippen molar-refractivity contribution in [2.45, 2.75) is 45.1 Å². The molecule has 2 saturated carbocycles. The van der Waals surface area contributed by atoms with Crippen molar-refractivity contribution in [3.63, 3.8) is 0 Å². The van der Waals surface area contributed by atoms with E-state index in [-0.39, 0.29) is 0 Å². The van der Waals surface area contributed by atoms with E-state index < -0.39 is 0 Å². The van der Waals surface area contributed by atoms with Crippen LogP contribution in [0.5, 0.6) is 0 Å². The topological polar surface area (TPSA) is 12.0 Å². The second-order valence-corrected chi connectivity index (χ2v) is 4.90. The third-order valence-corrected chi connectivity index (χ3v) is 3.98. The van der Waals surface area contributed by atoms with Crippen molar-refractivity contribution in [1.29, 1.82) is 0 Å². The molecule has 0 aromatic carbocycles. The molecular weight excluding hydrogens is 146 g/mol. The summed E-state index contributed by atoms with van der Waals surface area (Å²) in [4.78, 5) is 0. The summed E-state index contributed by atoms with van der Waals surface area (Å²) >= 11 is 0. The molecule has 0 saturated heterocycles. The number of nitrogens with one attached hydrogen (secondary N) is 1. The van der Waals surface area contributed by atoms with Crippen LogP contribution in [0.2, 0.25) is 0 Å². The fourth-order valence-electron chi connectivity index (χ4n) is 3.22. The van der Waals surface area contributed by atoms with Gasteiger partial charge in [0.1, 0.15) is 0 Å². The van der Waals surface area contributed by atoms with Crippen LogP contribution < -0.4 is 5.32 Å². The monoisotopic (exact) mass is 167 g/mol. The van der Waals surface area contributed by atoms with Gasteiger partial charge in [-0.15, -0.1) is 0 Å². The third kappa shape index (κ3) is 1.52. The van der Waals surface area contributed by atoms with Gasteiger partial charge in [-0.2, -0.15) is 0 Å². The maximum Gasteiger partial charge on any atom is 0.00695 e. The van der Waals surface area contributed by atoms with Crippen LogP contribution in [-0.2, 0) is 0 Å². The van der Waals surface area contributed by atoms with Crippen molar-refractivity contribution in [2.75, 3.05) is 7.05 Å². The van der Waals surface area contributed by atoms with Gasteiger partial charge in [-0.3, -0.25) is 0 Å². The molecule has 0 aliphatic heterocycles. The number of fused-ring (bicyclic) bond motifs is 1. The molecule has 2 aliphatic rings. The molecule has 70 valence electrons. The summed E-state index contributed by atoms with van der Waals surface area (Å²) in [5.41, 5.74) is 0. The summed E-state index contributed by atoms with van der Waals surface area (Å²) in [5.74, 6) is 3.13. The van der Waals surface area contributed by atoms with E-state index in [9.17, 15) is 0 Å². The quantitative estimate of drug-likeness (QED) is 0.632. The van der Waals surface area contributed by atoms with Gasteiger partial charge in [0.2, 0.25) is 0 Å². The molecule has 0 amide bonds.